The number of aliphatic carboxylic acids is 1. The second-order valence-corrected chi connectivity index (χ2v) is 5.78. The van der Waals surface area contributed by atoms with Crippen LogP contribution in [0, 0.1) is 0 Å². The van der Waals surface area contributed by atoms with E-state index >= 15 is 0 Å². The number of rotatable bonds is 8. The summed E-state index contributed by atoms with van der Waals surface area (Å²) in [5.41, 5.74) is 2.04. The maximum Gasteiger partial charge on any atom is 0.303 e. The molecule has 0 spiro atoms. The van der Waals surface area contributed by atoms with E-state index < -0.39 is 5.97 Å². The highest BCUT2D eigenvalue weighted by molar-refractivity contribution is 7.09. The van der Waals surface area contributed by atoms with E-state index in [-0.39, 0.29) is 18.7 Å². The molecule has 5 nitrogen and oxygen atoms in total. The lowest BCUT2D eigenvalue weighted by Gasteiger charge is -2.02. The van der Waals surface area contributed by atoms with E-state index in [9.17, 15) is 9.59 Å². The van der Waals surface area contributed by atoms with Gasteiger partial charge in [0.05, 0.1) is 10.7 Å². The van der Waals surface area contributed by atoms with Crippen LogP contribution in [0.3, 0.4) is 0 Å². The third-order valence-electron chi connectivity index (χ3n) is 3.08. The third kappa shape index (κ3) is 5.29. The van der Waals surface area contributed by atoms with Crippen LogP contribution in [0.4, 0.5) is 0 Å². The number of carboxylic acid groups (broad SMARTS) is 1. The number of hydrogen-bond acceptors (Lipinski definition) is 4. The first kappa shape index (κ1) is 16.2. The van der Waals surface area contributed by atoms with Crippen LogP contribution in [0.5, 0.6) is 0 Å². The lowest BCUT2D eigenvalue weighted by Crippen LogP contribution is -2.25. The summed E-state index contributed by atoms with van der Waals surface area (Å²) < 4.78 is 0. The van der Waals surface area contributed by atoms with Gasteiger partial charge in [-0.05, 0) is 6.42 Å². The second-order valence-electron chi connectivity index (χ2n) is 4.84. The highest BCUT2D eigenvalue weighted by Gasteiger charge is 2.06. The molecule has 1 aromatic heterocycles. The Kier molecular flexibility index (Phi) is 6.09. The fraction of sp³-hybridized carbons (Fsp3) is 0.312. The second kappa shape index (κ2) is 8.29. The van der Waals surface area contributed by atoms with E-state index in [1.165, 1.54) is 0 Å². The number of thiazole rings is 1. The van der Waals surface area contributed by atoms with Crippen LogP contribution in [0.15, 0.2) is 35.7 Å². The Morgan fingerprint density at radius 2 is 1.95 bits per heavy atom. The average molecular weight is 318 g/mol. The molecule has 0 aliphatic heterocycles. The van der Waals surface area contributed by atoms with Crippen LogP contribution in [0.2, 0.25) is 0 Å². The van der Waals surface area contributed by atoms with Crippen LogP contribution >= 0.6 is 11.3 Å². The molecule has 0 saturated heterocycles. The van der Waals surface area contributed by atoms with Crippen LogP contribution in [0.1, 0.15) is 24.3 Å². The van der Waals surface area contributed by atoms with Gasteiger partial charge in [0.2, 0.25) is 5.91 Å². The molecule has 0 saturated carbocycles. The Morgan fingerprint density at radius 3 is 2.68 bits per heavy atom. The van der Waals surface area contributed by atoms with Crippen molar-refractivity contribution in [2.45, 2.75) is 25.7 Å². The number of nitrogens with one attached hydrogen (secondary N) is 1. The molecule has 6 heteroatoms. The summed E-state index contributed by atoms with van der Waals surface area (Å²) in [5.74, 6) is -0.981. The zero-order valence-electron chi connectivity index (χ0n) is 12.1. The molecule has 116 valence electrons. The van der Waals surface area contributed by atoms with Gasteiger partial charge in [-0.2, -0.15) is 0 Å². The van der Waals surface area contributed by atoms with Gasteiger partial charge >= 0.3 is 5.97 Å². The molecule has 2 N–H and O–H groups in total. The zero-order chi connectivity index (χ0) is 15.8. The van der Waals surface area contributed by atoms with Gasteiger partial charge in [0, 0.05) is 36.8 Å². The van der Waals surface area contributed by atoms with Crippen LogP contribution < -0.4 is 5.32 Å². The molecule has 0 radical (unpaired) electrons. The van der Waals surface area contributed by atoms with Gasteiger partial charge < -0.3 is 10.4 Å². The Balaban J connectivity index is 1.73. The summed E-state index contributed by atoms with van der Waals surface area (Å²) in [6, 6.07) is 9.96. The van der Waals surface area contributed by atoms with Crippen molar-refractivity contribution in [1.29, 1.82) is 0 Å². The minimum atomic E-state index is -0.871. The summed E-state index contributed by atoms with van der Waals surface area (Å²) in [7, 11) is 0. The first-order valence-electron chi connectivity index (χ1n) is 7.13. The van der Waals surface area contributed by atoms with Gasteiger partial charge in [-0.1, -0.05) is 30.3 Å². The quantitative estimate of drug-likeness (QED) is 0.784. The standard InChI is InChI=1S/C16H18N2O3S/c19-14(7-4-8-16(20)21)17-10-9-15-18-13(11-22-15)12-5-2-1-3-6-12/h1-3,5-6,11H,4,7-10H2,(H,17,19)(H,20,21). The van der Waals surface area contributed by atoms with Crippen molar-refractivity contribution >= 4 is 23.2 Å². The molecule has 1 amide bonds. The van der Waals surface area contributed by atoms with Crippen molar-refractivity contribution in [3.8, 4) is 11.3 Å². The topological polar surface area (TPSA) is 79.3 Å². The highest BCUT2D eigenvalue weighted by atomic mass is 32.1. The summed E-state index contributed by atoms with van der Waals surface area (Å²) in [4.78, 5) is 26.4. The molecule has 0 bridgehead atoms. The molecule has 0 unspecified atom stereocenters. The summed E-state index contributed by atoms with van der Waals surface area (Å²) in [5, 5.41) is 14.3. The molecule has 1 heterocycles. The van der Waals surface area contributed by atoms with Crippen molar-refractivity contribution in [3.63, 3.8) is 0 Å². The predicted molar refractivity (Wildman–Crippen MR) is 85.8 cm³/mol. The van der Waals surface area contributed by atoms with E-state index in [0.717, 1.165) is 16.3 Å². The number of amides is 1. The van der Waals surface area contributed by atoms with Crippen LogP contribution in [-0.2, 0) is 16.0 Å². The molecular weight excluding hydrogens is 300 g/mol. The Bertz CT molecular complexity index is 625. The van der Waals surface area contributed by atoms with Crippen molar-refractivity contribution in [3.05, 3.63) is 40.7 Å². The first-order valence-corrected chi connectivity index (χ1v) is 8.01. The van der Waals surface area contributed by atoms with Gasteiger partial charge in [0.15, 0.2) is 0 Å². The van der Waals surface area contributed by atoms with Crippen molar-refractivity contribution < 1.29 is 14.7 Å². The van der Waals surface area contributed by atoms with E-state index in [1.54, 1.807) is 11.3 Å². The smallest absolute Gasteiger partial charge is 0.303 e. The summed E-state index contributed by atoms with van der Waals surface area (Å²) in [6.07, 6.45) is 1.33. The molecular formula is C16H18N2O3S. The molecule has 0 aliphatic rings. The molecule has 0 aliphatic carbocycles. The van der Waals surface area contributed by atoms with Gasteiger partial charge in [0.1, 0.15) is 0 Å². The van der Waals surface area contributed by atoms with Crippen molar-refractivity contribution in [2.24, 2.45) is 0 Å². The van der Waals surface area contributed by atoms with E-state index in [1.807, 2.05) is 35.7 Å². The molecule has 2 rings (SSSR count). The zero-order valence-corrected chi connectivity index (χ0v) is 12.9. The number of nitrogens with zero attached hydrogens (tertiary/aromatic N) is 1. The maximum atomic E-state index is 11.5. The fourth-order valence-corrected chi connectivity index (χ4v) is 2.77. The Morgan fingerprint density at radius 1 is 1.18 bits per heavy atom. The van der Waals surface area contributed by atoms with Gasteiger partial charge in [-0.3, -0.25) is 9.59 Å². The monoisotopic (exact) mass is 318 g/mol. The number of carbonyl (C=O) groups excluding carboxylic acids is 1. The van der Waals surface area contributed by atoms with Crippen molar-refractivity contribution in [1.82, 2.24) is 10.3 Å². The molecule has 2 aromatic rings. The fourth-order valence-electron chi connectivity index (χ4n) is 1.96. The lowest BCUT2D eigenvalue weighted by atomic mass is 10.2. The number of carbonyl (C=O) groups is 2. The summed E-state index contributed by atoms with van der Waals surface area (Å²) >= 11 is 1.58. The predicted octanol–water partition coefficient (Wildman–Crippen LogP) is 2.72. The lowest BCUT2D eigenvalue weighted by molar-refractivity contribution is -0.137. The number of carboxylic acids is 1. The summed E-state index contributed by atoms with van der Waals surface area (Å²) in [6.45, 7) is 0.521. The van der Waals surface area contributed by atoms with Gasteiger partial charge in [-0.15, -0.1) is 11.3 Å². The van der Waals surface area contributed by atoms with E-state index in [2.05, 4.69) is 10.3 Å². The normalized spacial score (nSPS) is 10.4. The van der Waals surface area contributed by atoms with E-state index in [4.69, 9.17) is 5.11 Å². The van der Waals surface area contributed by atoms with Crippen LogP contribution in [-0.4, -0.2) is 28.5 Å². The molecule has 0 fully saturated rings. The Labute approximate surface area is 133 Å². The van der Waals surface area contributed by atoms with E-state index in [0.29, 0.717) is 19.4 Å². The van der Waals surface area contributed by atoms with Gasteiger partial charge in [0.25, 0.3) is 0 Å². The van der Waals surface area contributed by atoms with Crippen LogP contribution in [0.25, 0.3) is 11.3 Å². The number of aromatic nitrogens is 1. The first-order chi connectivity index (χ1) is 10.6. The van der Waals surface area contributed by atoms with Gasteiger partial charge in [-0.25, -0.2) is 4.98 Å². The minimum absolute atomic E-state index is 0.0281. The SMILES string of the molecule is O=C(O)CCCC(=O)NCCc1nc(-c2ccccc2)cs1. The maximum absolute atomic E-state index is 11.5. The largest absolute Gasteiger partial charge is 0.481 e. The highest BCUT2D eigenvalue weighted by Crippen LogP contribution is 2.21. The number of benzene rings is 1. The third-order valence-corrected chi connectivity index (χ3v) is 3.99. The Hall–Kier alpha value is -2.21. The minimum Gasteiger partial charge on any atom is -0.481 e. The average Bonchev–Trinajstić information content (AvgIpc) is 2.97. The molecule has 1 aromatic carbocycles. The molecule has 22 heavy (non-hydrogen) atoms. The van der Waals surface area contributed by atoms with Crippen molar-refractivity contribution in [2.75, 3.05) is 6.54 Å². The molecule has 0 atom stereocenters. The number of hydrogen-bond donors (Lipinski definition) is 2.